The number of thiazole rings is 1. The van der Waals surface area contributed by atoms with Crippen LogP contribution in [0.3, 0.4) is 0 Å². The van der Waals surface area contributed by atoms with E-state index in [1.165, 1.54) is 23.5 Å². The zero-order chi connectivity index (χ0) is 10.7. The minimum Gasteiger partial charge on any atom is -0.485 e. The Kier molecular flexibility index (Phi) is 3.33. The zero-order valence-electron chi connectivity index (χ0n) is 7.61. The summed E-state index contributed by atoms with van der Waals surface area (Å²) < 4.78 is 18.8. The van der Waals surface area contributed by atoms with Gasteiger partial charge in [0.05, 0.1) is 4.47 Å². The number of rotatable bonds is 3. The Morgan fingerprint density at radius 3 is 3.00 bits per heavy atom. The van der Waals surface area contributed by atoms with Crippen molar-refractivity contribution in [1.82, 2.24) is 4.98 Å². The van der Waals surface area contributed by atoms with Crippen molar-refractivity contribution in [3.63, 3.8) is 0 Å². The molecule has 0 bridgehead atoms. The summed E-state index contributed by atoms with van der Waals surface area (Å²) in [6.45, 7) is 0.405. The lowest BCUT2D eigenvalue weighted by atomic mass is 10.3. The SMILES string of the molecule is Fc1ccc(OCc2nccs2)c(Br)c1. The van der Waals surface area contributed by atoms with E-state index in [1.54, 1.807) is 12.3 Å². The van der Waals surface area contributed by atoms with Crippen molar-refractivity contribution >= 4 is 27.3 Å². The van der Waals surface area contributed by atoms with Gasteiger partial charge in [-0.1, -0.05) is 0 Å². The highest BCUT2D eigenvalue weighted by Gasteiger charge is 2.03. The van der Waals surface area contributed by atoms with Gasteiger partial charge in [-0.2, -0.15) is 0 Å². The Labute approximate surface area is 98.9 Å². The van der Waals surface area contributed by atoms with E-state index in [2.05, 4.69) is 20.9 Å². The van der Waals surface area contributed by atoms with Crippen LogP contribution in [-0.2, 0) is 6.61 Å². The van der Waals surface area contributed by atoms with Gasteiger partial charge in [-0.15, -0.1) is 11.3 Å². The van der Waals surface area contributed by atoms with Crippen molar-refractivity contribution in [2.75, 3.05) is 0 Å². The molecule has 0 aliphatic carbocycles. The molecule has 0 saturated carbocycles. The number of hydrogen-bond acceptors (Lipinski definition) is 3. The maximum Gasteiger partial charge on any atom is 0.140 e. The van der Waals surface area contributed by atoms with Gasteiger partial charge in [0.2, 0.25) is 0 Å². The lowest BCUT2D eigenvalue weighted by Crippen LogP contribution is -1.95. The molecule has 15 heavy (non-hydrogen) atoms. The van der Waals surface area contributed by atoms with Crippen LogP contribution in [0.5, 0.6) is 5.75 Å². The number of nitrogens with zero attached hydrogens (tertiary/aromatic N) is 1. The molecule has 0 aliphatic heterocycles. The van der Waals surface area contributed by atoms with Gasteiger partial charge in [-0.05, 0) is 34.1 Å². The zero-order valence-corrected chi connectivity index (χ0v) is 10.0. The molecule has 0 atom stereocenters. The molecular formula is C10H7BrFNOS. The minimum absolute atomic E-state index is 0.288. The predicted octanol–water partition coefficient (Wildman–Crippen LogP) is 3.62. The first-order chi connectivity index (χ1) is 7.25. The third-order valence-corrected chi connectivity index (χ3v) is 3.10. The molecule has 0 N–H and O–H groups in total. The van der Waals surface area contributed by atoms with Crippen molar-refractivity contribution in [2.24, 2.45) is 0 Å². The predicted molar refractivity (Wildman–Crippen MR) is 60.5 cm³/mol. The van der Waals surface area contributed by atoms with Crippen molar-refractivity contribution in [2.45, 2.75) is 6.61 Å². The molecular weight excluding hydrogens is 281 g/mol. The third-order valence-electron chi connectivity index (χ3n) is 1.73. The monoisotopic (exact) mass is 287 g/mol. The molecule has 0 spiro atoms. The molecule has 2 nitrogen and oxygen atoms in total. The van der Waals surface area contributed by atoms with E-state index in [1.807, 2.05) is 5.38 Å². The summed E-state index contributed by atoms with van der Waals surface area (Å²) in [5, 5.41) is 2.78. The second kappa shape index (κ2) is 4.72. The highest BCUT2D eigenvalue weighted by Crippen LogP contribution is 2.26. The van der Waals surface area contributed by atoms with Gasteiger partial charge in [-0.3, -0.25) is 0 Å². The van der Waals surface area contributed by atoms with E-state index in [4.69, 9.17) is 4.74 Å². The van der Waals surface area contributed by atoms with E-state index in [0.29, 0.717) is 16.8 Å². The summed E-state index contributed by atoms with van der Waals surface area (Å²) in [6, 6.07) is 4.33. The fraction of sp³-hybridized carbons (Fsp3) is 0.100. The van der Waals surface area contributed by atoms with Crippen molar-refractivity contribution < 1.29 is 9.13 Å². The number of aromatic nitrogens is 1. The molecule has 78 valence electrons. The van der Waals surface area contributed by atoms with Crippen LogP contribution in [0.25, 0.3) is 0 Å². The number of benzene rings is 1. The van der Waals surface area contributed by atoms with E-state index < -0.39 is 0 Å². The van der Waals surface area contributed by atoms with Gasteiger partial charge < -0.3 is 4.74 Å². The van der Waals surface area contributed by atoms with Crippen LogP contribution in [-0.4, -0.2) is 4.98 Å². The fourth-order valence-electron chi connectivity index (χ4n) is 1.06. The summed E-state index contributed by atoms with van der Waals surface area (Å²) in [5.74, 6) is 0.329. The molecule has 0 saturated heterocycles. The second-order valence-corrected chi connectivity index (χ2v) is 4.62. The molecule has 0 radical (unpaired) electrons. The average Bonchev–Trinajstić information content (AvgIpc) is 2.69. The number of hydrogen-bond donors (Lipinski definition) is 0. The lowest BCUT2D eigenvalue weighted by molar-refractivity contribution is 0.303. The number of ether oxygens (including phenoxy) is 1. The smallest absolute Gasteiger partial charge is 0.140 e. The molecule has 0 fully saturated rings. The van der Waals surface area contributed by atoms with Crippen LogP contribution in [0, 0.1) is 5.82 Å². The van der Waals surface area contributed by atoms with Crippen LogP contribution in [0.2, 0.25) is 0 Å². The normalized spacial score (nSPS) is 10.3. The Hall–Kier alpha value is -0.940. The molecule has 0 unspecified atom stereocenters. The molecule has 0 amide bonds. The maximum absolute atomic E-state index is 12.8. The van der Waals surface area contributed by atoms with E-state index in [9.17, 15) is 4.39 Å². The lowest BCUT2D eigenvalue weighted by Gasteiger charge is -2.05. The van der Waals surface area contributed by atoms with Gasteiger partial charge in [0.25, 0.3) is 0 Å². The quantitative estimate of drug-likeness (QED) is 0.860. The van der Waals surface area contributed by atoms with Crippen molar-refractivity contribution in [3.05, 3.63) is 45.1 Å². The third kappa shape index (κ3) is 2.76. The largest absolute Gasteiger partial charge is 0.485 e. The fourth-order valence-corrected chi connectivity index (χ4v) is 2.05. The van der Waals surface area contributed by atoms with Crippen LogP contribution in [0.1, 0.15) is 5.01 Å². The summed E-state index contributed by atoms with van der Waals surface area (Å²) in [4.78, 5) is 4.08. The van der Waals surface area contributed by atoms with Gasteiger partial charge in [0, 0.05) is 11.6 Å². The maximum atomic E-state index is 12.8. The highest BCUT2D eigenvalue weighted by atomic mass is 79.9. The molecule has 2 aromatic rings. The van der Waals surface area contributed by atoms with E-state index >= 15 is 0 Å². The molecule has 0 aliphatic rings. The summed E-state index contributed by atoms with van der Waals surface area (Å²) >= 11 is 4.76. The van der Waals surface area contributed by atoms with Crippen LogP contribution in [0.15, 0.2) is 34.2 Å². The Balaban J connectivity index is 2.05. The summed E-state index contributed by atoms with van der Waals surface area (Å²) in [7, 11) is 0. The first-order valence-corrected chi connectivity index (χ1v) is 5.89. The van der Waals surface area contributed by atoms with Gasteiger partial charge in [0.15, 0.2) is 0 Å². The van der Waals surface area contributed by atoms with Gasteiger partial charge in [-0.25, -0.2) is 9.37 Å². The Morgan fingerprint density at radius 1 is 1.47 bits per heavy atom. The minimum atomic E-state index is -0.288. The summed E-state index contributed by atoms with van der Waals surface area (Å²) in [5.41, 5.74) is 0. The van der Waals surface area contributed by atoms with Gasteiger partial charge in [0.1, 0.15) is 23.2 Å². The Bertz CT molecular complexity index is 447. The molecule has 5 heteroatoms. The van der Waals surface area contributed by atoms with E-state index in [-0.39, 0.29) is 5.82 Å². The first-order valence-electron chi connectivity index (χ1n) is 4.22. The molecule has 1 aromatic carbocycles. The topological polar surface area (TPSA) is 22.1 Å². The highest BCUT2D eigenvalue weighted by molar-refractivity contribution is 9.10. The first kappa shape index (κ1) is 10.6. The molecule has 1 heterocycles. The molecule has 2 rings (SSSR count). The van der Waals surface area contributed by atoms with E-state index in [0.717, 1.165) is 5.01 Å². The van der Waals surface area contributed by atoms with Crippen LogP contribution in [0.4, 0.5) is 4.39 Å². The van der Waals surface area contributed by atoms with Crippen LogP contribution < -0.4 is 4.74 Å². The number of halogens is 2. The Morgan fingerprint density at radius 2 is 2.33 bits per heavy atom. The average molecular weight is 288 g/mol. The standard InChI is InChI=1S/C10H7BrFNOS/c11-8-5-7(12)1-2-9(8)14-6-10-13-3-4-15-10/h1-5H,6H2. The second-order valence-electron chi connectivity index (χ2n) is 2.79. The summed E-state index contributed by atoms with van der Waals surface area (Å²) in [6.07, 6.45) is 1.73. The van der Waals surface area contributed by atoms with Crippen molar-refractivity contribution in [1.29, 1.82) is 0 Å². The van der Waals surface area contributed by atoms with Crippen LogP contribution >= 0.6 is 27.3 Å². The van der Waals surface area contributed by atoms with Crippen molar-refractivity contribution in [3.8, 4) is 5.75 Å². The van der Waals surface area contributed by atoms with Gasteiger partial charge >= 0.3 is 0 Å². The molecule has 1 aromatic heterocycles.